The second-order valence-electron chi connectivity index (χ2n) is 4.44. The first-order valence-corrected chi connectivity index (χ1v) is 6.07. The van der Waals surface area contributed by atoms with Crippen LogP contribution in [0.25, 0.3) is 0 Å². The summed E-state index contributed by atoms with van der Waals surface area (Å²) in [5, 5.41) is 19.7. The van der Waals surface area contributed by atoms with Gasteiger partial charge in [0.2, 0.25) is 5.75 Å². The van der Waals surface area contributed by atoms with E-state index in [9.17, 15) is 19.7 Å². The Bertz CT molecular complexity index is 540. The molecule has 1 rings (SSSR count). The molecule has 0 aliphatic heterocycles. The van der Waals surface area contributed by atoms with Crippen LogP contribution in [0.1, 0.15) is 37.0 Å². The van der Waals surface area contributed by atoms with Crippen molar-refractivity contribution in [3.63, 3.8) is 0 Å². The molecule has 1 aromatic rings. The number of esters is 1. The lowest BCUT2D eigenvalue weighted by Crippen LogP contribution is -2.13. The fourth-order valence-corrected chi connectivity index (χ4v) is 1.47. The predicted molar refractivity (Wildman–Crippen MR) is 69.8 cm³/mol. The average Bonchev–Trinajstić information content (AvgIpc) is 2.38. The molecule has 7 heteroatoms. The van der Waals surface area contributed by atoms with Crippen molar-refractivity contribution in [2.75, 3.05) is 0 Å². The Balaban J connectivity index is 2.97. The van der Waals surface area contributed by atoms with E-state index in [1.807, 2.05) is 13.8 Å². The van der Waals surface area contributed by atoms with Gasteiger partial charge in [-0.2, -0.15) is 0 Å². The van der Waals surface area contributed by atoms with Crippen LogP contribution in [0.15, 0.2) is 18.2 Å². The second kappa shape index (κ2) is 6.65. The molecule has 0 aliphatic carbocycles. The molecular formula is C13H15NO6. The Morgan fingerprint density at radius 2 is 2.10 bits per heavy atom. The molecule has 7 nitrogen and oxygen atoms in total. The quantitative estimate of drug-likeness (QED) is 0.372. The molecule has 1 N–H and O–H groups in total. The van der Waals surface area contributed by atoms with E-state index in [0.717, 1.165) is 24.6 Å². The van der Waals surface area contributed by atoms with Crippen molar-refractivity contribution in [2.45, 2.75) is 26.7 Å². The lowest BCUT2D eigenvalue weighted by molar-refractivity contribution is -0.385. The number of carboxylic acid groups (broad SMARTS) is 1. The van der Waals surface area contributed by atoms with Crippen LogP contribution in [0.5, 0.6) is 5.75 Å². The molecule has 0 radical (unpaired) electrons. The molecule has 0 heterocycles. The van der Waals surface area contributed by atoms with Crippen LogP contribution in [-0.2, 0) is 4.79 Å². The van der Waals surface area contributed by atoms with Gasteiger partial charge >= 0.3 is 17.6 Å². The lowest BCUT2D eigenvalue weighted by Gasteiger charge is -2.08. The van der Waals surface area contributed by atoms with Crippen molar-refractivity contribution in [3.05, 3.63) is 33.9 Å². The van der Waals surface area contributed by atoms with Gasteiger partial charge < -0.3 is 9.84 Å². The smallest absolute Gasteiger partial charge is 0.335 e. The van der Waals surface area contributed by atoms with Gasteiger partial charge in [-0.1, -0.05) is 20.3 Å². The fourth-order valence-electron chi connectivity index (χ4n) is 1.47. The van der Waals surface area contributed by atoms with Crippen LogP contribution in [0.2, 0.25) is 0 Å². The van der Waals surface area contributed by atoms with Crippen molar-refractivity contribution in [1.82, 2.24) is 0 Å². The largest absolute Gasteiger partial charge is 0.478 e. The van der Waals surface area contributed by atoms with Crippen LogP contribution in [0.4, 0.5) is 5.69 Å². The van der Waals surface area contributed by atoms with Gasteiger partial charge in [-0.3, -0.25) is 14.9 Å². The van der Waals surface area contributed by atoms with Crippen molar-refractivity contribution < 1.29 is 24.4 Å². The first-order valence-electron chi connectivity index (χ1n) is 6.07. The molecule has 0 spiro atoms. The maximum atomic E-state index is 11.6. The van der Waals surface area contributed by atoms with Crippen molar-refractivity contribution in [1.29, 1.82) is 0 Å². The second-order valence-corrected chi connectivity index (χ2v) is 4.44. The summed E-state index contributed by atoms with van der Waals surface area (Å²) < 4.78 is 4.94. The number of hydrogen-bond acceptors (Lipinski definition) is 5. The third kappa shape index (κ3) is 4.04. The summed E-state index contributed by atoms with van der Waals surface area (Å²) in [5.74, 6) is -2.00. The normalized spacial score (nSPS) is 11.7. The minimum Gasteiger partial charge on any atom is -0.478 e. The van der Waals surface area contributed by atoms with E-state index >= 15 is 0 Å². The Morgan fingerprint density at radius 3 is 2.60 bits per heavy atom. The molecule has 0 bridgehead atoms. The van der Waals surface area contributed by atoms with Crippen LogP contribution < -0.4 is 4.74 Å². The highest BCUT2D eigenvalue weighted by atomic mass is 16.6. The average molecular weight is 281 g/mol. The van der Waals surface area contributed by atoms with Crippen molar-refractivity contribution in [3.8, 4) is 5.75 Å². The van der Waals surface area contributed by atoms with Gasteiger partial charge in [0.1, 0.15) is 0 Å². The summed E-state index contributed by atoms with van der Waals surface area (Å²) in [5.41, 5.74) is -0.777. The van der Waals surface area contributed by atoms with Gasteiger partial charge in [0, 0.05) is 12.5 Å². The van der Waals surface area contributed by atoms with E-state index in [4.69, 9.17) is 9.84 Å². The summed E-state index contributed by atoms with van der Waals surface area (Å²) in [4.78, 5) is 32.5. The van der Waals surface area contributed by atoms with Crippen LogP contribution in [-0.4, -0.2) is 22.0 Å². The highest BCUT2D eigenvalue weighted by Gasteiger charge is 2.21. The first-order chi connectivity index (χ1) is 9.35. The third-order valence-corrected chi connectivity index (χ3v) is 2.84. The number of ether oxygens (including phenoxy) is 1. The summed E-state index contributed by atoms with van der Waals surface area (Å²) in [6.07, 6.45) is 0.934. The number of benzene rings is 1. The molecule has 108 valence electrons. The summed E-state index contributed by atoms with van der Waals surface area (Å²) in [6, 6.07) is 3.14. The van der Waals surface area contributed by atoms with Gasteiger partial charge in [0.05, 0.1) is 10.5 Å². The Hall–Kier alpha value is -2.44. The van der Waals surface area contributed by atoms with Gasteiger partial charge in [-0.15, -0.1) is 0 Å². The number of rotatable bonds is 6. The van der Waals surface area contributed by atoms with Crippen LogP contribution in [0.3, 0.4) is 0 Å². The van der Waals surface area contributed by atoms with Crippen molar-refractivity contribution >= 4 is 17.6 Å². The predicted octanol–water partition coefficient (Wildman–Crippen LogP) is 2.63. The van der Waals surface area contributed by atoms with Gasteiger partial charge in [0.25, 0.3) is 0 Å². The zero-order chi connectivity index (χ0) is 15.3. The number of nitrogens with zero attached hydrogens (tertiary/aromatic N) is 1. The van der Waals surface area contributed by atoms with E-state index in [1.54, 1.807) is 0 Å². The number of carbonyl (C=O) groups is 2. The van der Waals surface area contributed by atoms with E-state index in [-0.39, 0.29) is 23.7 Å². The SMILES string of the molecule is CC[C@H](C)CC(=O)Oc1ccc(C(=O)O)cc1[N+](=O)[O-]. The minimum atomic E-state index is -1.29. The molecule has 0 saturated carbocycles. The monoisotopic (exact) mass is 281 g/mol. The molecule has 0 saturated heterocycles. The summed E-state index contributed by atoms with van der Waals surface area (Å²) in [7, 11) is 0. The molecule has 0 unspecified atom stereocenters. The molecule has 1 atom stereocenters. The molecule has 0 amide bonds. The maximum Gasteiger partial charge on any atom is 0.335 e. The standard InChI is InChI=1S/C13H15NO6/c1-3-8(2)6-12(15)20-11-5-4-9(13(16)17)7-10(11)14(18)19/h4-5,7-8H,3,6H2,1-2H3,(H,16,17)/t8-/m0/s1. The highest BCUT2D eigenvalue weighted by molar-refractivity contribution is 5.89. The zero-order valence-corrected chi connectivity index (χ0v) is 11.2. The number of hydrogen-bond donors (Lipinski definition) is 1. The Kier molecular flexibility index (Phi) is 5.19. The molecule has 0 aromatic heterocycles. The van der Waals surface area contributed by atoms with Crippen molar-refractivity contribution in [2.24, 2.45) is 5.92 Å². The lowest BCUT2D eigenvalue weighted by atomic mass is 10.1. The topological polar surface area (TPSA) is 107 Å². The van der Waals surface area contributed by atoms with Gasteiger partial charge in [-0.25, -0.2) is 4.79 Å². The van der Waals surface area contributed by atoms with Gasteiger partial charge in [0.15, 0.2) is 0 Å². The summed E-state index contributed by atoms with van der Waals surface area (Å²) >= 11 is 0. The minimum absolute atomic E-state index is 0.111. The first kappa shape index (κ1) is 15.6. The number of carboxylic acids is 1. The number of aromatic carboxylic acids is 1. The molecule has 0 fully saturated rings. The molecular weight excluding hydrogens is 266 g/mol. The Labute approximate surface area is 115 Å². The molecule has 0 aliphatic rings. The van der Waals surface area contributed by atoms with Crippen LogP contribution >= 0.6 is 0 Å². The van der Waals surface area contributed by atoms with Crippen LogP contribution in [0, 0.1) is 16.0 Å². The number of carbonyl (C=O) groups excluding carboxylic acids is 1. The third-order valence-electron chi connectivity index (χ3n) is 2.84. The maximum absolute atomic E-state index is 11.6. The Morgan fingerprint density at radius 1 is 1.45 bits per heavy atom. The number of nitro groups is 1. The molecule has 20 heavy (non-hydrogen) atoms. The van der Waals surface area contributed by atoms with Gasteiger partial charge in [-0.05, 0) is 18.1 Å². The van der Waals surface area contributed by atoms with E-state index in [1.165, 1.54) is 0 Å². The highest BCUT2D eigenvalue weighted by Crippen LogP contribution is 2.28. The zero-order valence-electron chi connectivity index (χ0n) is 11.2. The van der Waals surface area contributed by atoms with E-state index in [2.05, 4.69) is 0 Å². The number of nitro benzene ring substituents is 1. The molecule has 1 aromatic carbocycles. The van der Waals surface area contributed by atoms with E-state index in [0.29, 0.717) is 0 Å². The fraction of sp³-hybridized carbons (Fsp3) is 0.385. The van der Waals surface area contributed by atoms with E-state index < -0.39 is 22.5 Å². The summed E-state index contributed by atoms with van der Waals surface area (Å²) in [6.45, 7) is 3.78.